The number of benzene rings is 1. The first-order valence-corrected chi connectivity index (χ1v) is 5.70. The summed E-state index contributed by atoms with van der Waals surface area (Å²) in [4.78, 5) is 0. The van der Waals surface area contributed by atoms with E-state index in [0.29, 0.717) is 6.61 Å². The van der Waals surface area contributed by atoms with Crippen molar-refractivity contribution in [2.75, 3.05) is 5.73 Å². The Morgan fingerprint density at radius 1 is 1.33 bits per heavy atom. The highest BCUT2D eigenvalue weighted by Crippen LogP contribution is 2.20. The number of aryl methyl sites for hydroxylation is 1. The molecule has 2 N–H and O–H groups in total. The Balaban J connectivity index is 2.02. The Morgan fingerprint density at radius 2 is 2.20 bits per heavy atom. The Labute approximate surface area is 93.3 Å². The molecule has 3 heteroatoms. The summed E-state index contributed by atoms with van der Waals surface area (Å²) >= 11 is 1.68. The largest absolute Gasteiger partial charge is 0.489 e. The maximum Gasteiger partial charge on any atom is 0.120 e. The van der Waals surface area contributed by atoms with Gasteiger partial charge >= 0.3 is 0 Å². The number of nitrogens with two attached hydrogens (primary N) is 1. The van der Waals surface area contributed by atoms with Gasteiger partial charge in [-0.3, -0.25) is 0 Å². The fraction of sp³-hybridized carbons (Fsp3) is 0.167. The minimum Gasteiger partial charge on any atom is -0.489 e. The Kier molecular flexibility index (Phi) is 2.92. The molecule has 0 bridgehead atoms. The van der Waals surface area contributed by atoms with Gasteiger partial charge in [0.05, 0.1) is 0 Å². The van der Waals surface area contributed by atoms with Crippen molar-refractivity contribution in [2.24, 2.45) is 0 Å². The van der Waals surface area contributed by atoms with Crippen LogP contribution in [-0.2, 0) is 6.61 Å². The zero-order valence-electron chi connectivity index (χ0n) is 8.57. The van der Waals surface area contributed by atoms with Crippen LogP contribution < -0.4 is 10.5 Å². The number of rotatable bonds is 3. The summed E-state index contributed by atoms with van der Waals surface area (Å²) in [6.07, 6.45) is 0. The van der Waals surface area contributed by atoms with Crippen molar-refractivity contribution in [3.63, 3.8) is 0 Å². The average molecular weight is 219 g/mol. The SMILES string of the molecule is Cc1cc(OCc2ccsc2)ccc1N. The first kappa shape index (κ1) is 10.1. The second-order valence-corrected chi connectivity index (χ2v) is 4.22. The van der Waals surface area contributed by atoms with Crippen molar-refractivity contribution >= 4 is 17.0 Å². The van der Waals surface area contributed by atoms with Crippen molar-refractivity contribution in [1.29, 1.82) is 0 Å². The number of ether oxygens (including phenoxy) is 1. The molecule has 0 aliphatic heterocycles. The molecule has 78 valence electrons. The number of anilines is 1. The molecule has 0 saturated heterocycles. The van der Waals surface area contributed by atoms with Gasteiger partial charge in [-0.25, -0.2) is 0 Å². The molecular formula is C12H13NOS. The summed E-state index contributed by atoms with van der Waals surface area (Å²) in [5.41, 5.74) is 8.79. The highest BCUT2D eigenvalue weighted by atomic mass is 32.1. The van der Waals surface area contributed by atoms with E-state index in [1.165, 1.54) is 5.56 Å². The number of hydrogen-bond acceptors (Lipinski definition) is 3. The molecule has 0 saturated carbocycles. The van der Waals surface area contributed by atoms with Crippen LogP contribution in [0.5, 0.6) is 5.75 Å². The summed E-state index contributed by atoms with van der Waals surface area (Å²) < 4.78 is 5.64. The second-order valence-electron chi connectivity index (χ2n) is 3.44. The Hall–Kier alpha value is -1.48. The predicted molar refractivity (Wildman–Crippen MR) is 64.2 cm³/mol. The van der Waals surface area contributed by atoms with E-state index in [1.54, 1.807) is 11.3 Å². The summed E-state index contributed by atoms with van der Waals surface area (Å²) in [7, 11) is 0. The van der Waals surface area contributed by atoms with Crippen molar-refractivity contribution in [1.82, 2.24) is 0 Å². The van der Waals surface area contributed by atoms with Gasteiger partial charge in [0.15, 0.2) is 0 Å². The summed E-state index contributed by atoms with van der Waals surface area (Å²) in [6, 6.07) is 7.80. The lowest BCUT2D eigenvalue weighted by Crippen LogP contribution is -1.95. The third-order valence-electron chi connectivity index (χ3n) is 2.23. The van der Waals surface area contributed by atoms with Crippen LogP contribution in [0.25, 0.3) is 0 Å². The van der Waals surface area contributed by atoms with E-state index < -0.39 is 0 Å². The molecule has 0 atom stereocenters. The Morgan fingerprint density at radius 3 is 2.87 bits per heavy atom. The van der Waals surface area contributed by atoms with E-state index in [9.17, 15) is 0 Å². The molecule has 2 rings (SSSR count). The standard InChI is InChI=1S/C12H13NOS/c1-9-6-11(2-3-12(9)13)14-7-10-4-5-15-8-10/h2-6,8H,7,13H2,1H3. The number of thiophene rings is 1. The van der Waals surface area contributed by atoms with E-state index in [0.717, 1.165) is 17.0 Å². The minimum atomic E-state index is 0.618. The van der Waals surface area contributed by atoms with Crippen LogP contribution in [0.2, 0.25) is 0 Å². The molecular weight excluding hydrogens is 206 g/mol. The zero-order chi connectivity index (χ0) is 10.7. The van der Waals surface area contributed by atoms with Crippen molar-refractivity contribution in [3.05, 3.63) is 46.2 Å². The van der Waals surface area contributed by atoms with Crippen molar-refractivity contribution in [3.8, 4) is 5.75 Å². The van der Waals surface area contributed by atoms with Crippen LogP contribution in [0.3, 0.4) is 0 Å². The van der Waals surface area contributed by atoms with Gasteiger partial charge in [-0.2, -0.15) is 11.3 Å². The predicted octanol–water partition coefficient (Wildman–Crippen LogP) is 3.22. The van der Waals surface area contributed by atoms with Gasteiger partial charge in [0.2, 0.25) is 0 Å². The topological polar surface area (TPSA) is 35.2 Å². The molecule has 0 radical (unpaired) electrons. The molecule has 0 aliphatic carbocycles. The molecule has 2 nitrogen and oxygen atoms in total. The lowest BCUT2D eigenvalue weighted by Gasteiger charge is -2.06. The first-order valence-electron chi connectivity index (χ1n) is 4.76. The smallest absolute Gasteiger partial charge is 0.120 e. The molecule has 0 unspecified atom stereocenters. The zero-order valence-corrected chi connectivity index (χ0v) is 9.38. The van der Waals surface area contributed by atoms with Gasteiger partial charge in [-0.05, 0) is 53.1 Å². The van der Waals surface area contributed by atoms with Crippen molar-refractivity contribution < 1.29 is 4.74 Å². The third kappa shape index (κ3) is 2.50. The highest BCUT2D eigenvalue weighted by molar-refractivity contribution is 7.07. The number of nitrogen functional groups attached to an aromatic ring is 1. The average Bonchev–Trinajstić information content (AvgIpc) is 2.73. The summed E-state index contributed by atoms with van der Waals surface area (Å²) in [5, 5.41) is 4.14. The van der Waals surface area contributed by atoms with Crippen LogP contribution in [0, 0.1) is 6.92 Å². The van der Waals surface area contributed by atoms with Crippen LogP contribution in [-0.4, -0.2) is 0 Å². The number of hydrogen-bond donors (Lipinski definition) is 1. The van der Waals surface area contributed by atoms with Crippen LogP contribution in [0.15, 0.2) is 35.0 Å². The maximum atomic E-state index is 5.73. The van der Waals surface area contributed by atoms with Gasteiger partial charge in [0.25, 0.3) is 0 Å². The lowest BCUT2D eigenvalue weighted by molar-refractivity contribution is 0.306. The van der Waals surface area contributed by atoms with E-state index in [-0.39, 0.29) is 0 Å². The Bertz CT molecular complexity index is 437. The van der Waals surface area contributed by atoms with Crippen LogP contribution in [0.1, 0.15) is 11.1 Å². The van der Waals surface area contributed by atoms with E-state index in [1.807, 2.05) is 30.5 Å². The quantitative estimate of drug-likeness (QED) is 0.804. The third-order valence-corrected chi connectivity index (χ3v) is 2.96. The fourth-order valence-corrected chi connectivity index (χ4v) is 1.93. The minimum absolute atomic E-state index is 0.618. The molecule has 2 aromatic rings. The van der Waals surface area contributed by atoms with Gasteiger partial charge in [-0.1, -0.05) is 0 Å². The molecule has 0 amide bonds. The van der Waals surface area contributed by atoms with E-state index >= 15 is 0 Å². The first-order chi connectivity index (χ1) is 7.25. The summed E-state index contributed by atoms with van der Waals surface area (Å²) in [6.45, 7) is 2.60. The molecule has 1 aromatic heterocycles. The normalized spacial score (nSPS) is 10.2. The van der Waals surface area contributed by atoms with Gasteiger partial charge in [0.1, 0.15) is 12.4 Å². The maximum absolute atomic E-state index is 5.73. The lowest BCUT2D eigenvalue weighted by atomic mass is 10.2. The van der Waals surface area contributed by atoms with Gasteiger partial charge < -0.3 is 10.5 Å². The molecule has 15 heavy (non-hydrogen) atoms. The van der Waals surface area contributed by atoms with Crippen LogP contribution >= 0.6 is 11.3 Å². The van der Waals surface area contributed by atoms with Gasteiger partial charge in [-0.15, -0.1) is 0 Å². The molecule has 1 heterocycles. The van der Waals surface area contributed by atoms with Gasteiger partial charge in [0, 0.05) is 5.69 Å². The van der Waals surface area contributed by atoms with E-state index in [2.05, 4.69) is 11.4 Å². The monoisotopic (exact) mass is 219 g/mol. The van der Waals surface area contributed by atoms with E-state index in [4.69, 9.17) is 10.5 Å². The summed E-state index contributed by atoms with van der Waals surface area (Å²) in [5.74, 6) is 0.868. The molecule has 0 fully saturated rings. The highest BCUT2D eigenvalue weighted by Gasteiger charge is 1.98. The molecule has 1 aromatic carbocycles. The van der Waals surface area contributed by atoms with Crippen molar-refractivity contribution in [2.45, 2.75) is 13.5 Å². The molecule has 0 spiro atoms. The van der Waals surface area contributed by atoms with Crippen LogP contribution in [0.4, 0.5) is 5.69 Å². The molecule has 0 aliphatic rings. The second kappa shape index (κ2) is 4.36. The fourth-order valence-electron chi connectivity index (χ4n) is 1.28.